The van der Waals surface area contributed by atoms with Crippen molar-refractivity contribution in [3.63, 3.8) is 0 Å². The third kappa shape index (κ3) is 6.39. The van der Waals surface area contributed by atoms with Gasteiger partial charge in [-0.05, 0) is 62.4 Å². The quantitative estimate of drug-likeness (QED) is 0.334. The number of amides is 2. The Hall–Kier alpha value is -3.74. The molecule has 0 spiro atoms. The maximum atomic E-state index is 15.4. The molecule has 0 radical (unpaired) electrons. The van der Waals surface area contributed by atoms with Crippen LogP contribution in [0.15, 0.2) is 47.5 Å². The largest absolute Gasteiger partial charge is 0.478 e. The van der Waals surface area contributed by atoms with Crippen molar-refractivity contribution in [2.24, 2.45) is 5.92 Å². The Labute approximate surface area is 224 Å². The average Bonchev–Trinajstić information content (AvgIpc) is 2.89. The van der Waals surface area contributed by atoms with Crippen LogP contribution in [0.2, 0.25) is 5.02 Å². The van der Waals surface area contributed by atoms with E-state index in [9.17, 15) is 23.9 Å². The van der Waals surface area contributed by atoms with Gasteiger partial charge in [0, 0.05) is 30.9 Å². The zero-order chi connectivity index (χ0) is 28.0. The van der Waals surface area contributed by atoms with Crippen molar-refractivity contribution < 1.29 is 37.7 Å². The van der Waals surface area contributed by atoms with Gasteiger partial charge in [-0.2, -0.15) is 0 Å². The molecule has 200 valence electrons. The minimum absolute atomic E-state index is 0.0493. The summed E-state index contributed by atoms with van der Waals surface area (Å²) in [5, 5.41) is 9.61. The van der Waals surface area contributed by atoms with E-state index >= 15 is 4.39 Å². The first-order valence-electron chi connectivity index (χ1n) is 11.8. The van der Waals surface area contributed by atoms with Gasteiger partial charge >= 0.3 is 5.97 Å². The Morgan fingerprint density at radius 1 is 1.26 bits per heavy atom. The number of methoxy groups -OCH3 is 1. The normalized spacial score (nSPS) is 15.9. The lowest BCUT2D eigenvalue weighted by Crippen LogP contribution is -2.43. The number of ether oxygens (including phenoxy) is 2. The Bertz CT molecular complexity index is 1320. The summed E-state index contributed by atoms with van der Waals surface area (Å²) in [6.45, 7) is 1.67. The summed E-state index contributed by atoms with van der Waals surface area (Å²) in [5.41, 5.74) is -0.377. The lowest BCUT2D eigenvalue weighted by atomic mass is 9.80. The smallest absolute Gasteiger partial charge is 0.331 e. The predicted octanol–water partition coefficient (Wildman–Crippen LogP) is 5.41. The third-order valence-electron chi connectivity index (χ3n) is 6.14. The maximum Gasteiger partial charge on any atom is 0.331 e. The highest BCUT2D eigenvalue weighted by molar-refractivity contribution is 6.32. The van der Waals surface area contributed by atoms with Crippen molar-refractivity contribution in [3.05, 3.63) is 69.8 Å². The van der Waals surface area contributed by atoms with Crippen LogP contribution in [0, 0.1) is 29.9 Å². The van der Waals surface area contributed by atoms with E-state index < -0.39 is 47.1 Å². The van der Waals surface area contributed by atoms with Gasteiger partial charge in [0.1, 0.15) is 17.4 Å². The molecule has 1 aliphatic carbocycles. The van der Waals surface area contributed by atoms with E-state index in [0.717, 1.165) is 24.3 Å². The molecule has 1 N–H and O–H groups in total. The molecule has 2 amide bonds. The molecule has 1 aliphatic rings. The molecular formula is C28H26ClF2NO6. The predicted molar refractivity (Wildman–Crippen MR) is 137 cm³/mol. The Morgan fingerprint density at radius 3 is 2.63 bits per heavy atom. The highest BCUT2D eigenvalue weighted by Gasteiger charge is 2.38. The molecule has 2 aromatic rings. The van der Waals surface area contributed by atoms with Crippen molar-refractivity contribution in [1.82, 2.24) is 0 Å². The fraction of sp³-hybridized carbons (Fsp3) is 0.321. The van der Waals surface area contributed by atoms with Crippen molar-refractivity contribution in [2.45, 2.75) is 38.7 Å². The first-order valence-corrected chi connectivity index (χ1v) is 12.2. The zero-order valence-electron chi connectivity index (χ0n) is 20.8. The van der Waals surface area contributed by atoms with Gasteiger partial charge in [0.25, 0.3) is 5.91 Å². The number of carboxylic acid groups (broad SMARTS) is 1. The number of benzene rings is 2. The van der Waals surface area contributed by atoms with E-state index in [2.05, 4.69) is 5.92 Å². The van der Waals surface area contributed by atoms with Crippen LogP contribution in [0.25, 0.3) is 0 Å². The topological polar surface area (TPSA) is 93.1 Å². The number of anilines is 1. The molecule has 2 unspecified atom stereocenters. The van der Waals surface area contributed by atoms with Crippen molar-refractivity contribution in [2.75, 3.05) is 18.6 Å². The fourth-order valence-electron chi connectivity index (χ4n) is 4.32. The first-order chi connectivity index (χ1) is 18.1. The second-order valence-electron chi connectivity index (χ2n) is 8.65. The van der Waals surface area contributed by atoms with E-state index in [1.54, 1.807) is 6.92 Å². The highest BCUT2D eigenvalue weighted by atomic mass is 35.5. The van der Waals surface area contributed by atoms with Crippen molar-refractivity contribution >= 4 is 35.1 Å². The molecule has 3 rings (SSSR count). The van der Waals surface area contributed by atoms with Gasteiger partial charge < -0.3 is 14.6 Å². The minimum Gasteiger partial charge on any atom is -0.478 e. The molecule has 0 aliphatic heterocycles. The first kappa shape index (κ1) is 28.8. The molecule has 2 atom stereocenters. The molecule has 0 aromatic heterocycles. The number of terminal acetylenes is 1. The van der Waals surface area contributed by atoms with Crippen molar-refractivity contribution in [1.29, 1.82) is 0 Å². The van der Waals surface area contributed by atoms with Crippen LogP contribution >= 0.6 is 11.6 Å². The molecule has 0 bridgehead atoms. The van der Waals surface area contributed by atoms with E-state index in [-0.39, 0.29) is 47.8 Å². The Kier molecular flexibility index (Phi) is 9.61. The second-order valence-corrected chi connectivity index (χ2v) is 9.05. The average molecular weight is 546 g/mol. The van der Waals surface area contributed by atoms with Crippen LogP contribution in [0.1, 0.15) is 43.0 Å². The SMILES string of the molecule is C#CC(C)Oc1cc(N(C(=O)c2cccc(F)c2)C(=O)C2CCCC(C(=O)O)=C2CCOC)c(F)cc1Cl. The molecule has 0 fully saturated rings. The van der Waals surface area contributed by atoms with Gasteiger partial charge in [-0.15, -0.1) is 6.42 Å². The Morgan fingerprint density at radius 2 is 2.00 bits per heavy atom. The zero-order valence-corrected chi connectivity index (χ0v) is 21.6. The number of carbonyl (C=O) groups excluding carboxylic acids is 2. The number of hydrogen-bond donors (Lipinski definition) is 1. The summed E-state index contributed by atoms with van der Waals surface area (Å²) in [6, 6.07) is 6.53. The summed E-state index contributed by atoms with van der Waals surface area (Å²) in [7, 11) is 1.43. The van der Waals surface area contributed by atoms with E-state index in [4.69, 9.17) is 27.5 Å². The summed E-state index contributed by atoms with van der Waals surface area (Å²) in [5.74, 6) is -3.64. The number of rotatable bonds is 9. The molecular weight excluding hydrogens is 520 g/mol. The number of halogens is 3. The van der Waals surface area contributed by atoms with Crippen molar-refractivity contribution in [3.8, 4) is 18.1 Å². The molecule has 10 heteroatoms. The molecule has 0 saturated heterocycles. The molecule has 0 saturated carbocycles. The summed E-state index contributed by atoms with van der Waals surface area (Å²) >= 11 is 6.13. The number of nitrogens with zero attached hydrogens (tertiary/aromatic N) is 1. The van der Waals surface area contributed by atoms with Gasteiger partial charge in [-0.25, -0.2) is 18.5 Å². The standard InChI is InChI=1S/C28H26ClF2NO6/c1-4-16(2)38-25-15-24(23(31)14-22(25)29)32(26(33)17-7-5-8-18(30)13-17)27(34)20-9-6-10-21(28(35)36)19(20)11-12-37-3/h1,5,7-8,13-16,20H,6,9-12H2,2-3H3,(H,35,36). The molecule has 2 aromatic carbocycles. The van der Waals surface area contributed by atoms with Crippen LogP contribution in [-0.4, -0.2) is 42.7 Å². The summed E-state index contributed by atoms with van der Waals surface area (Å²) < 4.78 is 40.0. The molecule has 0 heterocycles. The lowest BCUT2D eigenvalue weighted by Gasteiger charge is -2.31. The van der Waals surface area contributed by atoms with Crippen LogP contribution < -0.4 is 9.64 Å². The molecule has 38 heavy (non-hydrogen) atoms. The van der Waals surface area contributed by atoms with Crippen LogP contribution in [0.3, 0.4) is 0 Å². The van der Waals surface area contributed by atoms with E-state index in [0.29, 0.717) is 16.9 Å². The summed E-state index contributed by atoms with van der Waals surface area (Å²) in [4.78, 5) is 40.2. The van der Waals surface area contributed by atoms with Gasteiger partial charge in [0.15, 0.2) is 6.10 Å². The van der Waals surface area contributed by atoms with Gasteiger partial charge in [0.2, 0.25) is 5.91 Å². The fourth-order valence-corrected chi connectivity index (χ4v) is 4.52. The van der Waals surface area contributed by atoms with E-state index in [1.807, 2.05) is 0 Å². The van der Waals surface area contributed by atoms with Gasteiger partial charge in [-0.3, -0.25) is 9.59 Å². The van der Waals surface area contributed by atoms with E-state index in [1.165, 1.54) is 19.2 Å². The number of carboxylic acids is 1. The van der Waals surface area contributed by atoms with Gasteiger partial charge in [0.05, 0.1) is 16.6 Å². The number of hydrogen-bond acceptors (Lipinski definition) is 5. The minimum atomic E-state index is -1.19. The van der Waals surface area contributed by atoms with Crippen LogP contribution in [-0.2, 0) is 14.3 Å². The number of carbonyl (C=O) groups is 3. The lowest BCUT2D eigenvalue weighted by molar-refractivity contribution is -0.133. The highest BCUT2D eigenvalue weighted by Crippen LogP contribution is 2.38. The number of imide groups is 1. The second kappa shape index (κ2) is 12.7. The Balaban J connectivity index is 2.20. The number of aliphatic carboxylic acids is 1. The monoisotopic (exact) mass is 545 g/mol. The third-order valence-corrected chi connectivity index (χ3v) is 6.43. The van der Waals surface area contributed by atoms with Crippen LogP contribution in [0.4, 0.5) is 14.5 Å². The summed E-state index contributed by atoms with van der Waals surface area (Å²) in [6.07, 6.45) is 5.51. The van der Waals surface area contributed by atoms with Crippen LogP contribution in [0.5, 0.6) is 5.75 Å². The maximum absolute atomic E-state index is 15.4. The van der Waals surface area contributed by atoms with Gasteiger partial charge in [-0.1, -0.05) is 23.6 Å². The molecule has 7 nitrogen and oxygen atoms in total.